The van der Waals surface area contributed by atoms with Crippen molar-refractivity contribution in [2.24, 2.45) is 0 Å². The summed E-state index contributed by atoms with van der Waals surface area (Å²) in [4.78, 5) is 32.4. The highest BCUT2D eigenvalue weighted by atomic mass is 31.2. The standard InChI is InChI=1S/C10H18O3.H3O4P/c1-9(2)10(12)13-8-6-4-3-5-7-11;1-5(2,3)4/h11H,1,3-8H2,2H3;(H3,1,2,3,4). The number of ether oxygens (including phenoxy) is 1. The molecule has 0 fully saturated rings. The Morgan fingerprint density at radius 2 is 1.61 bits per heavy atom. The van der Waals surface area contributed by atoms with E-state index in [0.717, 1.165) is 25.7 Å². The summed E-state index contributed by atoms with van der Waals surface area (Å²) in [6, 6.07) is 0. The molecule has 0 heterocycles. The van der Waals surface area contributed by atoms with E-state index in [-0.39, 0.29) is 12.6 Å². The lowest BCUT2D eigenvalue weighted by Gasteiger charge is -2.03. The molecule has 0 amide bonds. The van der Waals surface area contributed by atoms with E-state index in [2.05, 4.69) is 6.58 Å². The van der Waals surface area contributed by atoms with Crippen molar-refractivity contribution in [3.63, 3.8) is 0 Å². The molecule has 0 aliphatic rings. The second kappa shape index (κ2) is 11.4. The Morgan fingerprint density at radius 3 is 2.00 bits per heavy atom. The van der Waals surface area contributed by atoms with Crippen LogP contribution in [0.1, 0.15) is 32.6 Å². The number of aliphatic hydroxyl groups excluding tert-OH is 1. The fourth-order valence-corrected chi connectivity index (χ4v) is 0.855. The maximum Gasteiger partial charge on any atom is 0.466 e. The number of hydrogen-bond acceptors (Lipinski definition) is 4. The van der Waals surface area contributed by atoms with Crippen LogP contribution in [-0.4, -0.2) is 39.0 Å². The highest BCUT2D eigenvalue weighted by molar-refractivity contribution is 7.45. The van der Waals surface area contributed by atoms with E-state index in [1.54, 1.807) is 6.92 Å². The van der Waals surface area contributed by atoms with Gasteiger partial charge in [0.15, 0.2) is 0 Å². The third-order valence-corrected chi connectivity index (χ3v) is 1.63. The van der Waals surface area contributed by atoms with Gasteiger partial charge in [-0.1, -0.05) is 13.0 Å². The summed E-state index contributed by atoms with van der Waals surface area (Å²) in [7, 11) is -4.64. The Hall–Kier alpha value is -0.720. The zero-order valence-electron chi connectivity index (χ0n) is 10.4. The molecule has 0 spiro atoms. The van der Waals surface area contributed by atoms with Gasteiger partial charge in [0.2, 0.25) is 0 Å². The smallest absolute Gasteiger partial charge is 0.462 e. The normalized spacial score (nSPS) is 10.3. The van der Waals surface area contributed by atoms with Crippen LogP contribution in [0.4, 0.5) is 0 Å². The number of unbranched alkanes of at least 4 members (excludes halogenated alkanes) is 3. The molecule has 0 saturated heterocycles. The largest absolute Gasteiger partial charge is 0.466 e. The molecule has 4 N–H and O–H groups in total. The molecular formula is C10H21O7P. The number of hydrogen-bond donors (Lipinski definition) is 4. The van der Waals surface area contributed by atoms with Crippen LogP contribution in [-0.2, 0) is 14.1 Å². The first kappa shape index (κ1) is 19.6. The van der Waals surface area contributed by atoms with Crippen molar-refractivity contribution >= 4 is 13.8 Å². The third kappa shape index (κ3) is 24.5. The summed E-state index contributed by atoms with van der Waals surface area (Å²) in [5, 5.41) is 8.49. The van der Waals surface area contributed by atoms with Crippen molar-refractivity contribution in [1.29, 1.82) is 0 Å². The predicted molar refractivity (Wildman–Crippen MR) is 65.6 cm³/mol. The van der Waals surface area contributed by atoms with Crippen LogP contribution in [0.2, 0.25) is 0 Å². The number of esters is 1. The van der Waals surface area contributed by atoms with Crippen molar-refractivity contribution in [2.45, 2.75) is 32.6 Å². The minimum atomic E-state index is -4.64. The van der Waals surface area contributed by atoms with Crippen LogP contribution in [0.5, 0.6) is 0 Å². The first-order valence-corrected chi connectivity index (χ1v) is 6.96. The molecule has 0 rings (SSSR count). The molecule has 0 unspecified atom stereocenters. The first-order chi connectivity index (χ1) is 8.18. The van der Waals surface area contributed by atoms with Crippen molar-refractivity contribution in [2.75, 3.05) is 13.2 Å². The number of carbonyl (C=O) groups excluding carboxylic acids is 1. The second-order valence-corrected chi connectivity index (χ2v) is 4.59. The molecule has 108 valence electrons. The van der Waals surface area contributed by atoms with Crippen LogP contribution >= 0.6 is 7.82 Å². The average Bonchev–Trinajstić information content (AvgIpc) is 2.20. The summed E-state index contributed by atoms with van der Waals surface area (Å²) in [5.41, 5.74) is 0.440. The summed E-state index contributed by atoms with van der Waals surface area (Å²) in [6.45, 7) is 5.81. The van der Waals surface area contributed by atoms with E-state index in [9.17, 15) is 4.79 Å². The molecule has 0 aromatic rings. The lowest BCUT2D eigenvalue weighted by molar-refractivity contribution is -0.139. The van der Waals surface area contributed by atoms with Gasteiger partial charge in [0, 0.05) is 12.2 Å². The fraction of sp³-hybridized carbons (Fsp3) is 0.700. The number of carbonyl (C=O) groups is 1. The summed E-state index contributed by atoms with van der Waals surface area (Å²) >= 11 is 0. The number of phosphoric acid groups is 1. The molecule has 0 aromatic heterocycles. The minimum absolute atomic E-state index is 0.242. The average molecular weight is 284 g/mol. The minimum Gasteiger partial charge on any atom is -0.462 e. The predicted octanol–water partition coefficient (Wildman–Crippen LogP) is 0.730. The molecule has 18 heavy (non-hydrogen) atoms. The number of rotatable bonds is 7. The lowest BCUT2D eigenvalue weighted by atomic mass is 10.2. The highest BCUT2D eigenvalue weighted by Crippen LogP contribution is 2.25. The van der Waals surface area contributed by atoms with Gasteiger partial charge in [-0.15, -0.1) is 0 Å². The lowest BCUT2D eigenvalue weighted by Crippen LogP contribution is -2.06. The Balaban J connectivity index is 0. The molecule has 0 radical (unpaired) electrons. The third-order valence-electron chi connectivity index (χ3n) is 1.63. The molecule has 0 saturated carbocycles. The van der Waals surface area contributed by atoms with Crippen LogP contribution < -0.4 is 0 Å². The van der Waals surface area contributed by atoms with Crippen molar-refractivity contribution in [3.05, 3.63) is 12.2 Å². The quantitative estimate of drug-likeness (QED) is 0.235. The Bertz CT molecular complexity index is 276. The van der Waals surface area contributed by atoms with Gasteiger partial charge >= 0.3 is 13.8 Å². The first-order valence-electron chi connectivity index (χ1n) is 5.40. The van der Waals surface area contributed by atoms with Crippen LogP contribution in [0, 0.1) is 0 Å². The zero-order valence-corrected chi connectivity index (χ0v) is 11.3. The van der Waals surface area contributed by atoms with E-state index in [0.29, 0.717) is 12.2 Å². The second-order valence-electron chi connectivity index (χ2n) is 3.57. The van der Waals surface area contributed by atoms with Gasteiger partial charge < -0.3 is 24.5 Å². The van der Waals surface area contributed by atoms with E-state index < -0.39 is 7.82 Å². The molecular weight excluding hydrogens is 263 g/mol. The maximum atomic E-state index is 10.9. The zero-order chi connectivity index (χ0) is 14.6. The van der Waals surface area contributed by atoms with Gasteiger partial charge in [-0.05, 0) is 26.2 Å². The Morgan fingerprint density at radius 1 is 1.17 bits per heavy atom. The van der Waals surface area contributed by atoms with Gasteiger partial charge in [0.25, 0.3) is 0 Å². The van der Waals surface area contributed by atoms with E-state index >= 15 is 0 Å². The van der Waals surface area contributed by atoms with Crippen LogP contribution in [0.15, 0.2) is 12.2 Å². The molecule has 8 heteroatoms. The maximum absolute atomic E-state index is 10.9. The fourth-order valence-electron chi connectivity index (χ4n) is 0.855. The molecule has 0 atom stereocenters. The molecule has 0 aliphatic heterocycles. The molecule has 0 bridgehead atoms. The van der Waals surface area contributed by atoms with E-state index in [4.69, 9.17) is 29.1 Å². The van der Waals surface area contributed by atoms with Gasteiger partial charge in [-0.25, -0.2) is 9.36 Å². The summed E-state index contributed by atoms with van der Waals surface area (Å²) in [6.07, 6.45) is 3.67. The van der Waals surface area contributed by atoms with Gasteiger partial charge in [0.1, 0.15) is 0 Å². The SMILES string of the molecule is C=C(C)C(=O)OCCCCCCO.O=P(O)(O)O. The van der Waals surface area contributed by atoms with Crippen LogP contribution in [0.25, 0.3) is 0 Å². The van der Waals surface area contributed by atoms with E-state index in [1.807, 2.05) is 0 Å². The number of aliphatic hydroxyl groups is 1. The summed E-state index contributed by atoms with van der Waals surface area (Å²) in [5.74, 6) is -0.317. The van der Waals surface area contributed by atoms with Crippen molar-refractivity contribution < 1.29 is 33.9 Å². The van der Waals surface area contributed by atoms with Crippen LogP contribution in [0.3, 0.4) is 0 Å². The highest BCUT2D eigenvalue weighted by Gasteiger charge is 2.01. The van der Waals surface area contributed by atoms with Gasteiger partial charge in [0.05, 0.1) is 6.61 Å². The molecule has 0 aromatic carbocycles. The monoisotopic (exact) mass is 284 g/mol. The Kier molecular flexibility index (Phi) is 12.4. The topological polar surface area (TPSA) is 124 Å². The summed E-state index contributed by atoms with van der Waals surface area (Å²) < 4.78 is 13.8. The van der Waals surface area contributed by atoms with E-state index in [1.165, 1.54) is 0 Å². The Labute approximate surface area is 106 Å². The van der Waals surface area contributed by atoms with Crippen molar-refractivity contribution in [3.8, 4) is 0 Å². The molecule has 7 nitrogen and oxygen atoms in total. The van der Waals surface area contributed by atoms with Gasteiger partial charge in [-0.3, -0.25) is 0 Å². The van der Waals surface area contributed by atoms with Gasteiger partial charge in [-0.2, -0.15) is 0 Å². The van der Waals surface area contributed by atoms with Crippen molar-refractivity contribution in [1.82, 2.24) is 0 Å². The molecule has 0 aliphatic carbocycles.